The van der Waals surface area contributed by atoms with Gasteiger partial charge >= 0.3 is 5.97 Å². The lowest BCUT2D eigenvalue weighted by molar-refractivity contribution is -0.141. The minimum Gasteiger partial charge on any atom is -0.469 e. The lowest BCUT2D eigenvalue weighted by Crippen LogP contribution is -2.27. The highest BCUT2D eigenvalue weighted by Gasteiger charge is 2.15. The predicted molar refractivity (Wildman–Crippen MR) is 73.5 cm³/mol. The maximum atomic E-state index is 11.9. The van der Waals surface area contributed by atoms with Gasteiger partial charge in [-0.15, -0.1) is 0 Å². The molecule has 0 spiro atoms. The second-order valence-electron chi connectivity index (χ2n) is 3.96. The summed E-state index contributed by atoms with van der Waals surface area (Å²) in [5.41, 5.74) is 1.84. The van der Waals surface area contributed by atoms with Crippen molar-refractivity contribution in [3.63, 3.8) is 0 Å². The topological polar surface area (TPSA) is 46.6 Å². The average Bonchev–Trinajstić information content (AvgIpc) is 2.37. The molecular weight excluding hydrogens is 298 g/mol. The molecule has 1 aromatic rings. The summed E-state index contributed by atoms with van der Waals surface area (Å²) >= 11 is 3.38. The number of nitrogens with zero attached hydrogens (tertiary/aromatic N) is 1. The maximum absolute atomic E-state index is 11.9. The van der Waals surface area contributed by atoms with Crippen LogP contribution >= 0.6 is 15.9 Å². The summed E-state index contributed by atoms with van der Waals surface area (Å²) < 4.78 is 5.42. The molecule has 0 aliphatic rings. The third-order valence-electron chi connectivity index (χ3n) is 2.68. The molecule has 0 heterocycles. The van der Waals surface area contributed by atoms with Crippen LogP contribution in [-0.2, 0) is 14.3 Å². The Hall–Kier alpha value is -1.36. The van der Waals surface area contributed by atoms with Gasteiger partial charge < -0.3 is 9.64 Å². The molecule has 0 saturated carbocycles. The number of esters is 1. The zero-order valence-electron chi connectivity index (χ0n) is 10.7. The van der Waals surface area contributed by atoms with E-state index in [1.165, 1.54) is 7.11 Å². The summed E-state index contributed by atoms with van der Waals surface area (Å²) in [7, 11) is 3.02. The number of methoxy groups -OCH3 is 1. The first kappa shape index (κ1) is 14.7. The molecule has 1 aromatic carbocycles. The van der Waals surface area contributed by atoms with Gasteiger partial charge in [0.2, 0.25) is 5.91 Å². The molecule has 0 bridgehead atoms. The van der Waals surface area contributed by atoms with Crippen LogP contribution in [0, 0.1) is 6.92 Å². The van der Waals surface area contributed by atoms with Crippen LogP contribution in [-0.4, -0.2) is 26.0 Å². The number of carbonyl (C=O) groups is 2. The lowest BCUT2D eigenvalue weighted by atomic mass is 10.1. The van der Waals surface area contributed by atoms with Gasteiger partial charge in [0.25, 0.3) is 0 Å². The van der Waals surface area contributed by atoms with E-state index in [0.29, 0.717) is 0 Å². The highest BCUT2D eigenvalue weighted by Crippen LogP contribution is 2.24. The quantitative estimate of drug-likeness (QED) is 0.803. The Labute approximate surface area is 115 Å². The molecule has 0 aliphatic carbocycles. The van der Waals surface area contributed by atoms with Crippen molar-refractivity contribution in [3.8, 4) is 0 Å². The van der Waals surface area contributed by atoms with E-state index in [2.05, 4.69) is 20.7 Å². The summed E-state index contributed by atoms with van der Waals surface area (Å²) in [5.74, 6) is -0.482. The normalized spacial score (nSPS) is 10.0. The third kappa shape index (κ3) is 3.84. The molecule has 5 heteroatoms. The highest BCUT2D eigenvalue weighted by molar-refractivity contribution is 9.10. The van der Waals surface area contributed by atoms with Gasteiger partial charge in [-0.05, 0) is 24.6 Å². The monoisotopic (exact) mass is 313 g/mol. The maximum Gasteiger partial charge on any atom is 0.306 e. The van der Waals surface area contributed by atoms with Gasteiger partial charge in [0.05, 0.1) is 13.5 Å². The molecule has 0 saturated heterocycles. The minimum absolute atomic E-state index is 0.104. The number of anilines is 1. The molecule has 0 unspecified atom stereocenters. The molecule has 1 amide bonds. The van der Waals surface area contributed by atoms with Crippen molar-refractivity contribution < 1.29 is 14.3 Å². The van der Waals surface area contributed by atoms with Crippen molar-refractivity contribution in [3.05, 3.63) is 28.2 Å². The van der Waals surface area contributed by atoms with E-state index in [0.717, 1.165) is 15.7 Å². The molecule has 0 atom stereocenters. The van der Waals surface area contributed by atoms with Crippen molar-refractivity contribution in [1.29, 1.82) is 0 Å². The van der Waals surface area contributed by atoms with Crippen LogP contribution in [0.5, 0.6) is 0 Å². The highest BCUT2D eigenvalue weighted by atomic mass is 79.9. The van der Waals surface area contributed by atoms with Gasteiger partial charge in [0.15, 0.2) is 0 Å². The Morgan fingerprint density at radius 3 is 2.61 bits per heavy atom. The Bertz CT molecular complexity index is 460. The smallest absolute Gasteiger partial charge is 0.306 e. The number of rotatable bonds is 4. The number of ether oxygens (including phenoxy) is 1. The first-order valence-corrected chi connectivity index (χ1v) is 6.34. The van der Waals surface area contributed by atoms with Crippen molar-refractivity contribution >= 4 is 33.5 Å². The van der Waals surface area contributed by atoms with E-state index < -0.39 is 0 Å². The molecule has 0 fully saturated rings. The Kier molecular flexibility index (Phi) is 5.34. The number of amides is 1. The Morgan fingerprint density at radius 2 is 2.00 bits per heavy atom. The van der Waals surface area contributed by atoms with E-state index in [-0.39, 0.29) is 24.7 Å². The van der Waals surface area contributed by atoms with Crippen LogP contribution in [0.3, 0.4) is 0 Å². The summed E-state index contributed by atoms with van der Waals surface area (Å²) in [6.45, 7) is 1.94. The third-order valence-corrected chi connectivity index (χ3v) is 3.17. The first-order chi connectivity index (χ1) is 8.45. The van der Waals surface area contributed by atoms with Crippen molar-refractivity contribution in [2.75, 3.05) is 19.1 Å². The van der Waals surface area contributed by atoms with Crippen LogP contribution < -0.4 is 4.90 Å². The number of hydrogen-bond donors (Lipinski definition) is 0. The fourth-order valence-corrected chi connectivity index (χ4v) is 1.91. The fourth-order valence-electron chi connectivity index (χ4n) is 1.56. The second kappa shape index (κ2) is 6.54. The lowest BCUT2D eigenvalue weighted by Gasteiger charge is -2.19. The number of carbonyl (C=O) groups excluding carboxylic acids is 2. The molecule has 0 aromatic heterocycles. The van der Waals surface area contributed by atoms with E-state index in [4.69, 9.17) is 0 Å². The van der Waals surface area contributed by atoms with E-state index in [1.54, 1.807) is 11.9 Å². The van der Waals surface area contributed by atoms with Crippen molar-refractivity contribution in [2.24, 2.45) is 0 Å². The summed E-state index contributed by atoms with van der Waals surface area (Å²) in [6, 6.07) is 5.74. The van der Waals surface area contributed by atoms with Crippen LogP contribution in [0.25, 0.3) is 0 Å². The van der Waals surface area contributed by atoms with Crippen LogP contribution in [0.15, 0.2) is 22.7 Å². The summed E-state index contributed by atoms with van der Waals surface area (Å²) in [4.78, 5) is 24.5. The molecule has 98 valence electrons. The van der Waals surface area contributed by atoms with Gasteiger partial charge in [0.1, 0.15) is 0 Å². The molecule has 4 nitrogen and oxygen atoms in total. The van der Waals surface area contributed by atoms with Crippen LogP contribution in [0.2, 0.25) is 0 Å². The zero-order valence-corrected chi connectivity index (χ0v) is 12.3. The molecule has 1 rings (SSSR count). The van der Waals surface area contributed by atoms with E-state index in [9.17, 15) is 9.59 Å². The number of halogens is 1. The van der Waals surface area contributed by atoms with Gasteiger partial charge in [-0.2, -0.15) is 0 Å². The minimum atomic E-state index is -0.372. The molecule has 0 radical (unpaired) electrons. The standard InChI is InChI=1S/C13H16BrNO3/c1-9-4-5-10(14)8-11(9)15(2)12(16)6-7-13(17)18-3/h4-5,8H,6-7H2,1-3H3. The van der Waals surface area contributed by atoms with E-state index in [1.807, 2.05) is 25.1 Å². The molecule has 0 aliphatic heterocycles. The molecular formula is C13H16BrNO3. The predicted octanol–water partition coefficient (Wildman–Crippen LogP) is 2.67. The van der Waals surface area contributed by atoms with Gasteiger partial charge in [-0.25, -0.2) is 0 Å². The van der Waals surface area contributed by atoms with Gasteiger partial charge in [-0.3, -0.25) is 9.59 Å². The zero-order chi connectivity index (χ0) is 13.7. The van der Waals surface area contributed by atoms with Gasteiger partial charge in [-0.1, -0.05) is 22.0 Å². The Morgan fingerprint density at radius 1 is 1.33 bits per heavy atom. The van der Waals surface area contributed by atoms with Crippen molar-refractivity contribution in [2.45, 2.75) is 19.8 Å². The second-order valence-corrected chi connectivity index (χ2v) is 4.88. The first-order valence-electron chi connectivity index (χ1n) is 5.55. The largest absolute Gasteiger partial charge is 0.469 e. The Balaban J connectivity index is 2.74. The SMILES string of the molecule is COC(=O)CCC(=O)N(C)c1cc(Br)ccc1C. The number of aryl methyl sites for hydroxylation is 1. The molecule has 18 heavy (non-hydrogen) atoms. The van der Waals surface area contributed by atoms with Crippen molar-refractivity contribution in [1.82, 2.24) is 0 Å². The molecule has 0 N–H and O–H groups in total. The summed E-state index contributed by atoms with van der Waals surface area (Å²) in [5, 5.41) is 0. The fraction of sp³-hybridized carbons (Fsp3) is 0.385. The average molecular weight is 314 g/mol. The van der Waals surface area contributed by atoms with Crippen LogP contribution in [0.4, 0.5) is 5.69 Å². The summed E-state index contributed by atoms with van der Waals surface area (Å²) in [6.07, 6.45) is 0.252. The van der Waals surface area contributed by atoms with E-state index >= 15 is 0 Å². The number of benzene rings is 1. The van der Waals surface area contributed by atoms with Crippen LogP contribution in [0.1, 0.15) is 18.4 Å². The number of hydrogen-bond acceptors (Lipinski definition) is 3. The van der Waals surface area contributed by atoms with Gasteiger partial charge in [0, 0.05) is 23.6 Å².